The van der Waals surface area contributed by atoms with Gasteiger partial charge in [0.2, 0.25) is 0 Å². The highest BCUT2D eigenvalue weighted by molar-refractivity contribution is 7.99. The van der Waals surface area contributed by atoms with Gasteiger partial charge in [0, 0.05) is 11.9 Å². The number of amides is 1. The molecule has 1 heterocycles. The molecule has 1 atom stereocenters. The fraction of sp³-hybridized carbons (Fsp3) is 0.364. The fourth-order valence-electron chi connectivity index (χ4n) is 1.17. The summed E-state index contributed by atoms with van der Waals surface area (Å²) in [5.41, 5.74) is 5.59. The van der Waals surface area contributed by atoms with E-state index in [0.717, 1.165) is 0 Å². The molecule has 1 amide bonds. The van der Waals surface area contributed by atoms with Crippen LogP contribution in [0.1, 0.15) is 17.3 Å². The minimum Gasteiger partial charge on any atom is -0.469 e. The lowest BCUT2D eigenvalue weighted by molar-refractivity contribution is -0.143. The maximum Gasteiger partial charge on any atom is 0.309 e. The maximum atomic E-state index is 11.2. The Morgan fingerprint density at radius 3 is 2.88 bits per heavy atom. The summed E-state index contributed by atoms with van der Waals surface area (Å²) in [4.78, 5) is 26.4. The van der Waals surface area contributed by atoms with Crippen LogP contribution in [0.15, 0.2) is 23.4 Å². The molecule has 0 spiro atoms. The molecule has 17 heavy (non-hydrogen) atoms. The number of primary amides is 1. The van der Waals surface area contributed by atoms with Gasteiger partial charge in [0.15, 0.2) is 0 Å². The molecule has 6 heteroatoms. The van der Waals surface area contributed by atoms with E-state index in [1.807, 2.05) is 0 Å². The number of carbonyl (C=O) groups excluding carboxylic acids is 2. The number of nitrogens with two attached hydrogens (primary N) is 1. The van der Waals surface area contributed by atoms with Crippen molar-refractivity contribution in [2.24, 2.45) is 11.7 Å². The van der Waals surface area contributed by atoms with Crippen LogP contribution >= 0.6 is 11.8 Å². The highest BCUT2D eigenvalue weighted by atomic mass is 32.2. The largest absolute Gasteiger partial charge is 0.469 e. The summed E-state index contributed by atoms with van der Waals surface area (Å²) in [5, 5.41) is 0.538. The number of thioether (sulfide) groups is 1. The van der Waals surface area contributed by atoms with Crippen molar-refractivity contribution in [1.29, 1.82) is 0 Å². The number of carbonyl (C=O) groups is 2. The molecule has 0 saturated heterocycles. The van der Waals surface area contributed by atoms with Gasteiger partial charge < -0.3 is 10.5 Å². The first-order chi connectivity index (χ1) is 8.06. The Balaban J connectivity index is 2.69. The molecule has 2 N–H and O–H groups in total. The molecule has 0 aliphatic carbocycles. The number of aromatic nitrogens is 1. The summed E-state index contributed by atoms with van der Waals surface area (Å²) in [6.07, 6.45) is 1.58. The van der Waals surface area contributed by atoms with E-state index in [9.17, 15) is 9.59 Å². The minimum absolute atomic E-state index is 0.257. The molecule has 0 aliphatic rings. The standard InChI is InChI=1S/C11H14N2O3S/c1-7(11(15)16-2)6-17-10-8(9(12)14)4-3-5-13-10/h3-5,7H,6H2,1-2H3,(H2,12,14). The van der Waals surface area contributed by atoms with Gasteiger partial charge in [-0.3, -0.25) is 9.59 Å². The average molecular weight is 254 g/mol. The minimum atomic E-state index is -0.522. The lowest BCUT2D eigenvalue weighted by Gasteiger charge is -2.09. The van der Waals surface area contributed by atoms with Crippen molar-refractivity contribution in [3.05, 3.63) is 23.9 Å². The Labute approximate surface area is 104 Å². The first-order valence-electron chi connectivity index (χ1n) is 5.01. The third-order valence-corrected chi connectivity index (χ3v) is 3.38. The van der Waals surface area contributed by atoms with Gasteiger partial charge in [-0.25, -0.2) is 4.98 Å². The van der Waals surface area contributed by atoms with E-state index in [0.29, 0.717) is 16.3 Å². The van der Waals surface area contributed by atoms with Crippen LogP contribution in [0, 0.1) is 5.92 Å². The Hall–Kier alpha value is -1.56. The third kappa shape index (κ3) is 3.74. The smallest absolute Gasteiger partial charge is 0.309 e. The van der Waals surface area contributed by atoms with E-state index in [4.69, 9.17) is 5.73 Å². The molecular weight excluding hydrogens is 240 g/mol. The second-order valence-electron chi connectivity index (χ2n) is 3.46. The van der Waals surface area contributed by atoms with Crippen LogP contribution in [-0.4, -0.2) is 29.7 Å². The molecule has 1 rings (SSSR count). The van der Waals surface area contributed by atoms with Crippen LogP contribution in [-0.2, 0) is 9.53 Å². The Morgan fingerprint density at radius 1 is 1.59 bits per heavy atom. The van der Waals surface area contributed by atoms with E-state index in [1.165, 1.54) is 18.9 Å². The molecule has 92 valence electrons. The van der Waals surface area contributed by atoms with Crippen LogP contribution in [0.2, 0.25) is 0 Å². The number of hydrogen-bond acceptors (Lipinski definition) is 5. The number of nitrogens with zero attached hydrogens (tertiary/aromatic N) is 1. The molecule has 0 radical (unpaired) electrons. The highest BCUT2D eigenvalue weighted by Gasteiger charge is 2.16. The lowest BCUT2D eigenvalue weighted by atomic mass is 10.2. The molecule has 0 bridgehead atoms. The van der Waals surface area contributed by atoms with Gasteiger partial charge in [0.05, 0.1) is 18.6 Å². The number of rotatable bonds is 5. The normalized spacial score (nSPS) is 11.9. The first kappa shape index (κ1) is 13.5. The second kappa shape index (κ2) is 6.24. The van der Waals surface area contributed by atoms with Crippen molar-refractivity contribution in [1.82, 2.24) is 4.98 Å². The van der Waals surface area contributed by atoms with Gasteiger partial charge in [-0.1, -0.05) is 6.92 Å². The van der Waals surface area contributed by atoms with Crippen molar-refractivity contribution in [3.63, 3.8) is 0 Å². The lowest BCUT2D eigenvalue weighted by Crippen LogP contribution is -2.16. The molecule has 1 aromatic heterocycles. The van der Waals surface area contributed by atoms with Gasteiger partial charge in [0.1, 0.15) is 5.03 Å². The van der Waals surface area contributed by atoms with Crippen molar-refractivity contribution in [2.45, 2.75) is 11.9 Å². The second-order valence-corrected chi connectivity index (χ2v) is 4.46. The molecule has 5 nitrogen and oxygen atoms in total. The van der Waals surface area contributed by atoms with Crippen LogP contribution < -0.4 is 5.73 Å². The van der Waals surface area contributed by atoms with Crippen LogP contribution in [0.25, 0.3) is 0 Å². The molecular formula is C11H14N2O3S. The van der Waals surface area contributed by atoms with Gasteiger partial charge in [0.25, 0.3) is 5.91 Å². The zero-order valence-corrected chi connectivity index (χ0v) is 10.5. The molecule has 0 aliphatic heterocycles. The summed E-state index contributed by atoms with van der Waals surface area (Å²) in [6.45, 7) is 1.76. The van der Waals surface area contributed by atoms with E-state index < -0.39 is 5.91 Å². The zero-order chi connectivity index (χ0) is 12.8. The third-order valence-electron chi connectivity index (χ3n) is 2.11. The first-order valence-corrected chi connectivity index (χ1v) is 6.00. The van der Waals surface area contributed by atoms with Crippen molar-refractivity contribution < 1.29 is 14.3 Å². The molecule has 0 saturated carbocycles. The van der Waals surface area contributed by atoms with Crippen molar-refractivity contribution >= 4 is 23.6 Å². The molecule has 1 unspecified atom stereocenters. The zero-order valence-electron chi connectivity index (χ0n) is 9.67. The predicted octanol–water partition coefficient (Wildman–Crippen LogP) is 1.08. The quantitative estimate of drug-likeness (QED) is 0.628. The Morgan fingerprint density at radius 2 is 2.29 bits per heavy atom. The van der Waals surface area contributed by atoms with E-state index >= 15 is 0 Å². The van der Waals surface area contributed by atoms with Gasteiger partial charge in [-0.15, -0.1) is 11.8 Å². The molecule has 0 aromatic carbocycles. The number of pyridine rings is 1. The number of esters is 1. The van der Waals surface area contributed by atoms with E-state index in [1.54, 1.807) is 25.3 Å². The monoisotopic (exact) mass is 254 g/mol. The topological polar surface area (TPSA) is 82.3 Å². The Bertz CT molecular complexity index is 423. The predicted molar refractivity (Wildman–Crippen MR) is 64.7 cm³/mol. The summed E-state index contributed by atoms with van der Waals surface area (Å²) in [7, 11) is 1.35. The summed E-state index contributed by atoms with van der Waals surface area (Å²) >= 11 is 1.31. The SMILES string of the molecule is COC(=O)C(C)CSc1ncccc1C(N)=O. The maximum absolute atomic E-state index is 11.2. The number of methoxy groups -OCH3 is 1. The van der Waals surface area contributed by atoms with Gasteiger partial charge in [-0.05, 0) is 12.1 Å². The van der Waals surface area contributed by atoms with Crippen LogP contribution in [0.5, 0.6) is 0 Å². The Kier molecular flexibility index (Phi) is 4.96. The summed E-state index contributed by atoms with van der Waals surface area (Å²) in [5.74, 6) is -0.572. The van der Waals surface area contributed by atoms with Gasteiger partial charge >= 0.3 is 5.97 Å². The number of hydrogen-bond donors (Lipinski definition) is 1. The summed E-state index contributed by atoms with van der Waals surface area (Å²) < 4.78 is 4.61. The van der Waals surface area contributed by atoms with Crippen LogP contribution in [0.4, 0.5) is 0 Å². The summed E-state index contributed by atoms with van der Waals surface area (Å²) in [6, 6.07) is 3.26. The fourth-order valence-corrected chi connectivity index (χ4v) is 2.17. The van der Waals surface area contributed by atoms with E-state index in [-0.39, 0.29) is 11.9 Å². The van der Waals surface area contributed by atoms with Gasteiger partial charge in [-0.2, -0.15) is 0 Å². The number of ether oxygens (including phenoxy) is 1. The molecule has 0 fully saturated rings. The highest BCUT2D eigenvalue weighted by Crippen LogP contribution is 2.22. The molecule has 1 aromatic rings. The average Bonchev–Trinajstić information content (AvgIpc) is 2.35. The van der Waals surface area contributed by atoms with Crippen molar-refractivity contribution in [2.75, 3.05) is 12.9 Å². The van der Waals surface area contributed by atoms with Crippen LogP contribution in [0.3, 0.4) is 0 Å². The van der Waals surface area contributed by atoms with E-state index in [2.05, 4.69) is 9.72 Å². The van der Waals surface area contributed by atoms with Crippen molar-refractivity contribution in [3.8, 4) is 0 Å².